The van der Waals surface area contributed by atoms with Crippen molar-refractivity contribution in [3.63, 3.8) is 0 Å². The number of nitrogens with zero attached hydrogens (tertiary/aromatic N) is 3. The second kappa shape index (κ2) is 6.84. The number of anilines is 1. The highest BCUT2D eigenvalue weighted by molar-refractivity contribution is 7.22. The summed E-state index contributed by atoms with van der Waals surface area (Å²) in [7, 11) is 0. The van der Waals surface area contributed by atoms with Crippen LogP contribution in [0.25, 0.3) is 10.2 Å². The Labute approximate surface area is 141 Å². The van der Waals surface area contributed by atoms with Gasteiger partial charge in [0.1, 0.15) is 0 Å². The van der Waals surface area contributed by atoms with E-state index in [-0.39, 0.29) is 11.9 Å². The fraction of sp³-hybridized carbons (Fsp3) is 0.529. The molecule has 124 valence electrons. The van der Waals surface area contributed by atoms with E-state index in [1.54, 1.807) is 11.3 Å². The van der Waals surface area contributed by atoms with E-state index >= 15 is 0 Å². The third kappa shape index (κ3) is 3.64. The Morgan fingerprint density at radius 1 is 1.30 bits per heavy atom. The average molecular weight is 332 g/mol. The number of nitrogens with one attached hydrogen (secondary N) is 1. The summed E-state index contributed by atoms with van der Waals surface area (Å²) < 4.78 is 1.08. The molecule has 1 aliphatic heterocycles. The number of amides is 1. The quantitative estimate of drug-likeness (QED) is 0.935. The van der Waals surface area contributed by atoms with E-state index < -0.39 is 0 Å². The molecule has 1 fully saturated rings. The molecule has 0 bridgehead atoms. The first-order valence-electron chi connectivity index (χ1n) is 8.25. The van der Waals surface area contributed by atoms with E-state index in [0.717, 1.165) is 48.1 Å². The standard InChI is InChI=1S/C17H24N4OS/c1-4-20-7-9-21(10-8-20)17-19-14-6-5-13(11-15(14)23-17)16(22)18-12(2)3/h5-6,11-12H,4,7-10H2,1-3H3,(H,18,22). The van der Waals surface area contributed by atoms with Gasteiger partial charge in [-0.3, -0.25) is 4.79 Å². The molecule has 0 radical (unpaired) electrons. The SMILES string of the molecule is CCN1CCN(c2nc3ccc(C(=O)NC(C)C)cc3s2)CC1. The Bertz CT molecular complexity index is 689. The van der Waals surface area contributed by atoms with Crippen LogP contribution in [0.1, 0.15) is 31.1 Å². The molecule has 3 rings (SSSR count). The normalized spacial score (nSPS) is 16.3. The Morgan fingerprint density at radius 2 is 2.04 bits per heavy atom. The highest BCUT2D eigenvalue weighted by Gasteiger charge is 2.19. The number of carbonyl (C=O) groups excluding carboxylic acids is 1. The van der Waals surface area contributed by atoms with Gasteiger partial charge in [-0.2, -0.15) is 0 Å². The zero-order valence-corrected chi connectivity index (χ0v) is 14.8. The molecular formula is C17H24N4OS. The zero-order chi connectivity index (χ0) is 16.4. The lowest BCUT2D eigenvalue weighted by Crippen LogP contribution is -2.46. The molecule has 2 aromatic rings. The molecule has 0 spiro atoms. The lowest BCUT2D eigenvalue weighted by Gasteiger charge is -2.33. The lowest BCUT2D eigenvalue weighted by atomic mass is 10.2. The van der Waals surface area contributed by atoms with Crippen molar-refractivity contribution in [1.82, 2.24) is 15.2 Å². The van der Waals surface area contributed by atoms with Gasteiger partial charge in [-0.1, -0.05) is 18.3 Å². The molecule has 0 aliphatic carbocycles. The highest BCUT2D eigenvalue weighted by Crippen LogP contribution is 2.30. The number of hydrogen-bond donors (Lipinski definition) is 1. The predicted octanol–water partition coefficient (Wildman–Crippen LogP) is 2.58. The molecule has 1 N–H and O–H groups in total. The van der Waals surface area contributed by atoms with E-state index in [9.17, 15) is 4.79 Å². The summed E-state index contributed by atoms with van der Waals surface area (Å²) in [5.74, 6) is -0.0200. The molecule has 1 aliphatic rings. The first-order valence-corrected chi connectivity index (χ1v) is 9.07. The summed E-state index contributed by atoms with van der Waals surface area (Å²) in [5.41, 5.74) is 1.68. The number of likely N-dealkylation sites (N-methyl/N-ethyl adjacent to an activating group) is 1. The van der Waals surface area contributed by atoms with Crippen molar-refractivity contribution in [3.05, 3.63) is 23.8 Å². The zero-order valence-electron chi connectivity index (χ0n) is 14.0. The van der Waals surface area contributed by atoms with E-state index in [1.807, 2.05) is 32.0 Å². The van der Waals surface area contributed by atoms with Crippen LogP contribution >= 0.6 is 11.3 Å². The van der Waals surface area contributed by atoms with Gasteiger partial charge >= 0.3 is 0 Å². The number of fused-ring (bicyclic) bond motifs is 1. The monoisotopic (exact) mass is 332 g/mol. The molecule has 23 heavy (non-hydrogen) atoms. The fourth-order valence-electron chi connectivity index (χ4n) is 2.79. The Hall–Kier alpha value is -1.66. The van der Waals surface area contributed by atoms with Crippen LogP contribution in [0.4, 0.5) is 5.13 Å². The predicted molar refractivity (Wildman–Crippen MR) is 96.5 cm³/mol. The molecule has 6 heteroatoms. The van der Waals surface area contributed by atoms with Crippen molar-refractivity contribution >= 4 is 32.6 Å². The van der Waals surface area contributed by atoms with Crippen LogP contribution in [0.5, 0.6) is 0 Å². The summed E-state index contributed by atoms with van der Waals surface area (Å²) in [6.45, 7) is 11.5. The largest absolute Gasteiger partial charge is 0.350 e. The Morgan fingerprint density at radius 3 is 2.70 bits per heavy atom. The van der Waals surface area contributed by atoms with Crippen molar-refractivity contribution in [2.45, 2.75) is 26.8 Å². The first kappa shape index (κ1) is 16.2. The van der Waals surface area contributed by atoms with Gasteiger partial charge in [0.05, 0.1) is 10.2 Å². The van der Waals surface area contributed by atoms with Gasteiger partial charge in [-0.25, -0.2) is 4.98 Å². The van der Waals surface area contributed by atoms with Crippen LogP contribution in [0, 0.1) is 0 Å². The van der Waals surface area contributed by atoms with Crippen molar-refractivity contribution < 1.29 is 4.79 Å². The Kier molecular flexibility index (Phi) is 4.82. The molecular weight excluding hydrogens is 308 g/mol. The topological polar surface area (TPSA) is 48.5 Å². The number of piperazine rings is 1. The molecule has 1 aromatic carbocycles. The van der Waals surface area contributed by atoms with Crippen LogP contribution in [0.15, 0.2) is 18.2 Å². The summed E-state index contributed by atoms with van der Waals surface area (Å²) in [5, 5.41) is 4.00. The van der Waals surface area contributed by atoms with Crippen molar-refractivity contribution in [3.8, 4) is 0 Å². The smallest absolute Gasteiger partial charge is 0.251 e. The number of rotatable bonds is 4. The highest BCUT2D eigenvalue weighted by atomic mass is 32.1. The van der Waals surface area contributed by atoms with E-state index in [4.69, 9.17) is 4.98 Å². The van der Waals surface area contributed by atoms with E-state index in [1.165, 1.54) is 0 Å². The number of hydrogen-bond acceptors (Lipinski definition) is 5. The molecule has 0 atom stereocenters. The third-order valence-corrected chi connectivity index (χ3v) is 5.23. The van der Waals surface area contributed by atoms with Gasteiger partial charge in [0, 0.05) is 37.8 Å². The number of carbonyl (C=O) groups is 1. The Balaban J connectivity index is 1.78. The van der Waals surface area contributed by atoms with E-state index in [2.05, 4.69) is 22.0 Å². The molecule has 0 unspecified atom stereocenters. The maximum atomic E-state index is 12.1. The molecule has 2 heterocycles. The van der Waals surface area contributed by atoms with Crippen molar-refractivity contribution in [1.29, 1.82) is 0 Å². The van der Waals surface area contributed by atoms with Gasteiger partial charge < -0.3 is 15.1 Å². The lowest BCUT2D eigenvalue weighted by molar-refractivity contribution is 0.0943. The van der Waals surface area contributed by atoms with Gasteiger partial charge in [-0.15, -0.1) is 0 Å². The van der Waals surface area contributed by atoms with Crippen LogP contribution in [-0.2, 0) is 0 Å². The van der Waals surface area contributed by atoms with Gasteiger partial charge in [0.25, 0.3) is 5.91 Å². The second-order valence-electron chi connectivity index (χ2n) is 6.23. The summed E-state index contributed by atoms with van der Waals surface area (Å²) in [6, 6.07) is 5.91. The first-order chi connectivity index (χ1) is 11.1. The molecule has 1 saturated heterocycles. The van der Waals surface area contributed by atoms with E-state index in [0.29, 0.717) is 5.56 Å². The molecule has 1 amide bonds. The summed E-state index contributed by atoms with van der Waals surface area (Å²) in [6.07, 6.45) is 0. The van der Waals surface area contributed by atoms with Crippen LogP contribution in [0.3, 0.4) is 0 Å². The average Bonchev–Trinajstić information content (AvgIpc) is 2.97. The number of aromatic nitrogens is 1. The van der Waals surface area contributed by atoms with Crippen molar-refractivity contribution in [2.24, 2.45) is 0 Å². The van der Waals surface area contributed by atoms with Crippen LogP contribution in [0.2, 0.25) is 0 Å². The molecule has 5 nitrogen and oxygen atoms in total. The second-order valence-corrected chi connectivity index (χ2v) is 7.24. The van der Waals surface area contributed by atoms with Crippen molar-refractivity contribution in [2.75, 3.05) is 37.6 Å². The van der Waals surface area contributed by atoms with Gasteiger partial charge in [0.2, 0.25) is 0 Å². The summed E-state index contributed by atoms with van der Waals surface area (Å²) in [4.78, 5) is 21.7. The van der Waals surface area contributed by atoms with Gasteiger partial charge in [-0.05, 0) is 38.6 Å². The maximum Gasteiger partial charge on any atom is 0.251 e. The minimum Gasteiger partial charge on any atom is -0.350 e. The van der Waals surface area contributed by atoms with Crippen LogP contribution in [-0.4, -0.2) is 54.6 Å². The minimum atomic E-state index is -0.0200. The minimum absolute atomic E-state index is 0.0200. The van der Waals surface area contributed by atoms with Gasteiger partial charge in [0.15, 0.2) is 5.13 Å². The number of benzene rings is 1. The third-order valence-electron chi connectivity index (χ3n) is 4.15. The maximum absolute atomic E-state index is 12.1. The number of thiazole rings is 1. The van der Waals surface area contributed by atoms with Crippen LogP contribution < -0.4 is 10.2 Å². The molecule has 0 saturated carbocycles. The fourth-order valence-corrected chi connectivity index (χ4v) is 3.85. The summed E-state index contributed by atoms with van der Waals surface area (Å²) >= 11 is 1.68. The molecule has 1 aromatic heterocycles.